The molecule has 0 spiro atoms. The SMILES string of the molecule is Cc1c(Cl)cccc1N=C1NC(=O)/C(=C/c2c(Br)c(C)n(-c3ccc(Br)cc3)c2C)S1. The highest BCUT2D eigenvalue weighted by atomic mass is 79.9. The fourth-order valence-electron chi connectivity index (χ4n) is 3.41. The fraction of sp³-hybridized carbons (Fsp3) is 0.130. The molecule has 3 aromatic rings. The van der Waals surface area contributed by atoms with Crippen molar-refractivity contribution < 1.29 is 4.79 Å². The van der Waals surface area contributed by atoms with E-state index in [2.05, 4.69) is 65.8 Å². The summed E-state index contributed by atoms with van der Waals surface area (Å²) >= 11 is 14.7. The van der Waals surface area contributed by atoms with Gasteiger partial charge in [0.25, 0.3) is 5.91 Å². The summed E-state index contributed by atoms with van der Waals surface area (Å²) in [5.41, 5.74) is 5.77. The van der Waals surface area contributed by atoms with E-state index in [4.69, 9.17) is 11.6 Å². The predicted molar refractivity (Wildman–Crippen MR) is 138 cm³/mol. The second-order valence-electron chi connectivity index (χ2n) is 7.08. The lowest BCUT2D eigenvalue weighted by Gasteiger charge is -2.09. The number of amides is 1. The van der Waals surface area contributed by atoms with E-state index in [1.807, 2.05) is 50.3 Å². The minimum absolute atomic E-state index is 0.163. The van der Waals surface area contributed by atoms with Gasteiger partial charge >= 0.3 is 0 Å². The first kappa shape index (κ1) is 22.4. The number of nitrogens with one attached hydrogen (secondary N) is 1. The topological polar surface area (TPSA) is 46.4 Å². The van der Waals surface area contributed by atoms with Crippen LogP contribution >= 0.6 is 55.2 Å². The number of hydrogen-bond donors (Lipinski definition) is 1. The lowest BCUT2D eigenvalue weighted by Crippen LogP contribution is -2.19. The van der Waals surface area contributed by atoms with Gasteiger partial charge in [-0.25, -0.2) is 4.99 Å². The number of nitrogens with zero attached hydrogens (tertiary/aromatic N) is 2. The van der Waals surface area contributed by atoms with Gasteiger partial charge in [0.2, 0.25) is 0 Å². The standard InChI is InChI=1S/C23H18Br2ClN3OS/c1-12-18(26)5-4-6-19(12)27-23-28-22(30)20(31-23)11-17-13(2)29(14(3)21(17)25)16-9-7-15(24)8-10-16/h4-11H,1-3H3,(H,27,28,30)/b20-11-. The predicted octanol–water partition coefficient (Wildman–Crippen LogP) is 7.47. The third kappa shape index (κ3) is 4.42. The summed E-state index contributed by atoms with van der Waals surface area (Å²) in [6.45, 7) is 6.01. The van der Waals surface area contributed by atoms with Gasteiger partial charge in [-0.1, -0.05) is 33.6 Å². The summed E-state index contributed by atoms with van der Waals surface area (Å²) in [6.07, 6.45) is 1.91. The molecule has 1 aliphatic rings. The molecular weight excluding hydrogens is 562 g/mol. The molecule has 2 heterocycles. The van der Waals surface area contributed by atoms with Crippen LogP contribution < -0.4 is 5.32 Å². The molecule has 1 saturated heterocycles. The molecule has 1 amide bonds. The smallest absolute Gasteiger partial charge is 0.264 e. The van der Waals surface area contributed by atoms with Gasteiger partial charge in [0.05, 0.1) is 10.6 Å². The van der Waals surface area contributed by atoms with Crippen molar-refractivity contribution in [3.05, 3.63) is 83.9 Å². The number of carbonyl (C=O) groups excluding carboxylic acids is 1. The lowest BCUT2D eigenvalue weighted by atomic mass is 10.2. The highest BCUT2D eigenvalue weighted by Gasteiger charge is 2.26. The van der Waals surface area contributed by atoms with Crippen molar-refractivity contribution in [3.8, 4) is 5.69 Å². The van der Waals surface area contributed by atoms with Crippen LogP contribution in [0.4, 0.5) is 5.69 Å². The van der Waals surface area contributed by atoms with Crippen molar-refractivity contribution in [2.75, 3.05) is 0 Å². The molecule has 1 aliphatic heterocycles. The van der Waals surface area contributed by atoms with Gasteiger partial charge in [0.1, 0.15) is 0 Å². The number of thioether (sulfide) groups is 1. The molecule has 2 aromatic carbocycles. The molecule has 1 fully saturated rings. The maximum Gasteiger partial charge on any atom is 0.264 e. The minimum atomic E-state index is -0.163. The molecule has 1 N–H and O–H groups in total. The molecule has 0 bridgehead atoms. The first-order valence-electron chi connectivity index (χ1n) is 9.44. The van der Waals surface area contributed by atoms with Crippen LogP contribution in [0.5, 0.6) is 0 Å². The van der Waals surface area contributed by atoms with Gasteiger partial charge < -0.3 is 9.88 Å². The molecule has 158 valence electrons. The van der Waals surface area contributed by atoms with E-state index in [1.165, 1.54) is 11.8 Å². The maximum atomic E-state index is 12.6. The van der Waals surface area contributed by atoms with Gasteiger partial charge in [0.15, 0.2) is 5.17 Å². The Hall–Kier alpha value is -1.80. The normalized spacial score (nSPS) is 16.4. The molecule has 4 nitrogen and oxygen atoms in total. The van der Waals surface area contributed by atoms with E-state index in [-0.39, 0.29) is 5.91 Å². The fourth-order valence-corrected chi connectivity index (χ4v) is 5.24. The van der Waals surface area contributed by atoms with Gasteiger partial charge in [-0.2, -0.15) is 0 Å². The summed E-state index contributed by atoms with van der Waals surface area (Å²) in [7, 11) is 0. The van der Waals surface area contributed by atoms with Gasteiger partial charge in [-0.05, 0) is 96.5 Å². The summed E-state index contributed by atoms with van der Waals surface area (Å²) in [6, 6.07) is 13.7. The van der Waals surface area contributed by atoms with Crippen LogP contribution in [0.2, 0.25) is 5.02 Å². The highest BCUT2D eigenvalue weighted by Crippen LogP contribution is 2.36. The Bertz CT molecular complexity index is 1260. The van der Waals surface area contributed by atoms with Crippen LogP contribution in [0, 0.1) is 20.8 Å². The van der Waals surface area contributed by atoms with Crippen molar-refractivity contribution in [3.63, 3.8) is 0 Å². The van der Waals surface area contributed by atoms with Crippen molar-refractivity contribution in [1.82, 2.24) is 9.88 Å². The Morgan fingerprint density at radius 2 is 1.77 bits per heavy atom. The van der Waals surface area contributed by atoms with Crippen molar-refractivity contribution in [2.45, 2.75) is 20.8 Å². The van der Waals surface area contributed by atoms with Crippen LogP contribution in [0.1, 0.15) is 22.5 Å². The molecule has 8 heteroatoms. The zero-order valence-corrected chi connectivity index (χ0v) is 21.7. The number of amidine groups is 1. The van der Waals surface area contributed by atoms with Crippen molar-refractivity contribution >= 4 is 78.1 Å². The summed E-state index contributed by atoms with van der Waals surface area (Å²) < 4.78 is 4.16. The molecule has 0 saturated carbocycles. The first-order valence-corrected chi connectivity index (χ1v) is 12.2. The number of aliphatic imine (C=N–C) groups is 1. The van der Waals surface area contributed by atoms with E-state index in [1.54, 1.807) is 0 Å². The number of rotatable bonds is 3. The Morgan fingerprint density at radius 3 is 2.48 bits per heavy atom. The van der Waals surface area contributed by atoms with Crippen LogP contribution in [-0.2, 0) is 4.79 Å². The van der Waals surface area contributed by atoms with E-state index < -0.39 is 0 Å². The average molecular weight is 580 g/mol. The van der Waals surface area contributed by atoms with E-state index in [9.17, 15) is 4.79 Å². The van der Waals surface area contributed by atoms with E-state index in [0.29, 0.717) is 15.1 Å². The second-order valence-corrected chi connectivity index (χ2v) is 10.2. The molecule has 0 radical (unpaired) electrons. The molecular formula is C23H18Br2ClN3OS. The molecule has 31 heavy (non-hydrogen) atoms. The lowest BCUT2D eigenvalue weighted by molar-refractivity contribution is -0.115. The largest absolute Gasteiger partial charge is 0.317 e. The minimum Gasteiger partial charge on any atom is -0.317 e. The zero-order valence-electron chi connectivity index (χ0n) is 17.0. The average Bonchev–Trinajstić information content (AvgIpc) is 3.18. The summed E-state index contributed by atoms with van der Waals surface area (Å²) in [5.74, 6) is -0.163. The van der Waals surface area contributed by atoms with E-state index in [0.717, 1.165) is 42.8 Å². The Labute approximate surface area is 207 Å². The van der Waals surface area contributed by atoms with Gasteiger partial charge in [-0.3, -0.25) is 4.79 Å². The van der Waals surface area contributed by atoms with Gasteiger partial charge in [0, 0.05) is 36.6 Å². The third-order valence-corrected chi connectivity index (χ3v) is 7.94. The van der Waals surface area contributed by atoms with Crippen molar-refractivity contribution in [2.24, 2.45) is 4.99 Å². The second kappa shape index (κ2) is 8.98. The monoisotopic (exact) mass is 577 g/mol. The maximum absolute atomic E-state index is 12.6. The number of carbonyl (C=O) groups is 1. The molecule has 0 aliphatic carbocycles. The summed E-state index contributed by atoms with van der Waals surface area (Å²) in [4.78, 5) is 17.8. The first-order chi connectivity index (χ1) is 14.8. The van der Waals surface area contributed by atoms with Crippen LogP contribution in [0.25, 0.3) is 11.8 Å². The molecule has 0 atom stereocenters. The Kier molecular flexibility index (Phi) is 6.49. The Balaban J connectivity index is 1.70. The molecule has 1 aromatic heterocycles. The number of benzene rings is 2. The number of halogens is 3. The Morgan fingerprint density at radius 1 is 1.06 bits per heavy atom. The number of hydrogen-bond acceptors (Lipinski definition) is 3. The zero-order chi connectivity index (χ0) is 22.3. The highest BCUT2D eigenvalue weighted by molar-refractivity contribution is 9.10. The van der Waals surface area contributed by atoms with Crippen molar-refractivity contribution in [1.29, 1.82) is 0 Å². The molecule has 0 unspecified atom stereocenters. The molecule has 4 rings (SSSR count). The van der Waals surface area contributed by atoms with E-state index >= 15 is 0 Å². The quantitative estimate of drug-likeness (QED) is 0.327. The third-order valence-electron chi connectivity index (χ3n) is 5.09. The summed E-state index contributed by atoms with van der Waals surface area (Å²) in [5, 5.41) is 4.04. The number of aromatic nitrogens is 1. The van der Waals surface area contributed by atoms with Crippen LogP contribution in [-0.4, -0.2) is 15.6 Å². The van der Waals surface area contributed by atoms with Crippen LogP contribution in [0.3, 0.4) is 0 Å². The van der Waals surface area contributed by atoms with Crippen LogP contribution in [0.15, 0.2) is 61.3 Å². The van der Waals surface area contributed by atoms with Gasteiger partial charge in [-0.15, -0.1) is 0 Å².